The Bertz CT molecular complexity index is 1730. The van der Waals surface area contributed by atoms with E-state index in [4.69, 9.17) is 4.74 Å². The van der Waals surface area contributed by atoms with Gasteiger partial charge in [-0.25, -0.2) is 0 Å². The Labute approximate surface area is 313 Å². The van der Waals surface area contributed by atoms with E-state index in [1.54, 1.807) is 5.57 Å². The van der Waals surface area contributed by atoms with Crippen molar-refractivity contribution in [3.63, 3.8) is 0 Å². The number of fused-ring (bicyclic) bond motifs is 7. The molecule has 0 heterocycles. The van der Waals surface area contributed by atoms with Crippen LogP contribution in [0.25, 0.3) is 0 Å². The van der Waals surface area contributed by atoms with Crippen molar-refractivity contribution in [3.05, 3.63) is 119 Å². The third-order valence-electron chi connectivity index (χ3n) is 16.8. The number of rotatable bonds is 5. The van der Waals surface area contributed by atoms with Crippen molar-refractivity contribution in [3.8, 4) is 0 Å². The number of benzene rings is 3. The molecular formula is C49H62O3. The summed E-state index contributed by atoms with van der Waals surface area (Å²) in [5.41, 5.74) is 3.26. The lowest BCUT2D eigenvalue weighted by Gasteiger charge is -2.71. The first kappa shape index (κ1) is 35.8. The van der Waals surface area contributed by atoms with Crippen molar-refractivity contribution in [2.45, 2.75) is 124 Å². The molecule has 3 nitrogen and oxygen atoms in total. The Balaban J connectivity index is 1.24. The van der Waals surface area contributed by atoms with E-state index in [0.717, 1.165) is 68.1 Å². The normalized spacial score (nSPS) is 37.7. The van der Waals surface area contributed by atoms with Crippen LogP contribution in [0.1, 0.15) is 129 Å². The second-order valence-corrected chi connectivity index (χ2v) is 19.9. The molecule has 5 aliphatic carbocycles. The van der Waals surface area contributed by atoms with Crippen LogP contribution in [0.4, 0.5) is 0 Å². The Morgan fingerprint density at radius 3 is 1.77 bits per heavy atom. The van der Waals surface area contributed by atoms with E-state index < -0.39 is 11.0 Å². The first-order valence-electron chi connectivity index (χ1n) is 20.4. The summed E-state index contributed by atoms with van der Waals surface area (Å²) in [4.78, 5) is 15.7. The van der Waals surface area contributed by atoms with E-state index in [0.29, 0.717) is 11.8 Å². The highest BCUT2D eigenvalue weighted by atomic mass is 16.6. The lowest BCUT2D eigenvalue weighted by atomic mass is 9.33. The monoisotopic (exact) mass is 698 g/mol. The van der Waals surface area contributed by atoms with Gasteiger partial charge in [0, 0.05) is 16.7 Å². The molecule has 0 radical (unpaired) electrons. The zero-order valence-corrected chi connectivity index (χ0v) is 32.9. The van der Waals surface area contributed by atoms with Gasteiger partial charge in [0.2, 0.25) is 0 Å². The van der Waals surface area contributed by atoms with Crippen molar-refractivity contribution in [2.75, 3.05) is 0 Å². The summed E-state index contributed by atoms with van der Waals surface area (Å²) in [5, 5.41) is 11.2. The first-order chi connectivity index (χ1) is 24.6. The number of carbonyl (C=O) groups excluding carboxylic acids is 1. The molecule has 0 saturated heterocycles. The lowest BCUT2D eigenvalue weighted by Crippen LogP contribution is -2.65. The third-order valence-corrected chi connectivity index (χ3v) is 16.8. The van der Waals surface area contributed by atoms with Gasteiger partial charge in [-0.3, -0.25) is 4.79 Å². The first-order valence-corrected chi connectivity index (χ1v) is 20.4. The summed E-state index contributed by atoms with van der Waals surface area (Å²) in [7, 11) is 0. The Kier molecular flexibility index (Phi) is 8.39. The average molecular weight is 699 g/mol. The largest absolute Gasteiger partial charge is 0.444 e. The highest BCUT2D eigenvalue weighted by Crippen LogP contribution is 2.76. The molecule has 0 aliphatic heterocycles. The van der Waals surface area contributed by atoms with Crippen LogP contribution in [0, 0.1) is 50.2 Å². The Morgan fingerprint density at radius 1 is 0.673 bits per heavy atom. The van der Waals surface area contributed by atoms with Crippen LogP contribution in [-0.4, -0.2) is 17.2 Å². The van der Waals surface area contributed by atoms with Gasteiger partial charge in [0.25, 0.3) is 0 Å². The van der Waals surface area contributed by atoms with Crippen LogP contribution in [0.2, 0.25) is 0 Å². The van der Waals surface area contributed by atoms with Gasteiger partial charge in [0.1, 0.15) is 0 Å². The number of esters is 1. The summed E-state index contributed by atoms with van der Waals surface area (Å²) < 4.78 is 7.34. The number of carbonyl (C=O) groups is 1. The van der Waals surface area contributed by atoms with Gasteiger partial charge in [-0.15, -0.1) is 0 Å². The van der Waals surface area contributed by atoms with E-state index >= 15 is 4.79 Å². The number of hydrogen-bond acceptors (Lipinski definition) is 3. The smallest absolute Gasteiger partial charge is 0.314 e. The van der Waals surface area contributed by atoms with Crippen LogP contribution >= 0.6 is 0 Å². The van der Waals surface area contributed by atoms with Crippen LogP contribution in [0.5, 0.6) is 0 Å². The van der Waals surface area contributed by atoms with Gasteiger partial charge in [0.05, 0.1) is 11.5 Å². The summed E-state index contributed by atoms with van der Waals surface area (Å²) in [6, 6.07) is 31.2. The van der Waals surface area contributed by atoms with E-state index in [2.05, 4.69) is 127 Å². The Hall–Kier alpha value is -3.17. The summed E-state index contributed by atoms with van der Waals surface area (Å²) in [6.07, 6.45) is 12.6. The molecule has 3 aromatic carbocycles. The number of ether oxygens (including phenoxy) is 1. The molecule has 0 unspecified atom stereocenters. The number of hydrogen-bond donors (Lipinski definition) is 1. The van der Waals surface area contributed by atoms with Crippen LogP contribution in [-0.2, 0) is 15.1 Å². The number of aliphatic hydroxyl groups excluding tert-OH is 1. The molecule has 3 heteroatoms. The predicted molar refractivity (Wildman–Crippen MR) is 210 cm³/mol. The maximum Gasteiger partial charge on any atom is 0.314 e. The van der Waals surface area contributed by atoms with Gasteiger partial charge >= 0.3 is 5.97 Å². The minimum atomic E-state index is -1.07. The van der Waals surface area contributed by atoms with Crippen LogP contribution in [0.3, 0.4) is 0 Å². The quantitative estimate of drug-likeness (QED) is 0.164. The molecule has 4 saturated carbocycles. The zero-order valence-electron chi connectivity index (χ0n) is 32.9. The molecule has 276 valence electrons. The summed E-state index contributed by atoms with van der Waals surface area (Å²) >= 11 is 0. The zero-order chi connectivity index (χ0) is 36.8. The maximum absolute atomic E-state index is 15.7. The highest BCUT2D eigenvalue weighted by molar-refractivity contribution is 5.80. The van der Waals surface area contributed by atoms with Gasteiger partial charge in [-0.2, -0.15) is 0 Å². The minimum absolute atomic E-state index is 0.0152. The van der Waals surface area contributed by atoms with Gasteiger partial charge < -0.3 is 9.84 Å². The van der Waals surface area contributed by atoms with Crippen molar-refractivity contribution in [1.29, 1.82) is 0 Å². The van der Waals surface area contributed by atoms with Crippen molar-refractivity contribution >= 4 is 5.97 Å². The fraction of sp³-hybridized carbons (Fsp3) is 0.571. The van der Waals surface area contributed by atoms with Crippen LogP contribution in [0.15, 0.2) is 103 Å². The van der Waals surface area contributed by atoms with E-state index in [1.165, 1.54) is 12.8 Å². The topological polar surface area (TPSA) is 46.5 Å². The molecule has 0 spiro atoms. The molecule has 0 bridgehead atoms. The average Bonchev–Trinajstić information content (AvgIpc) is 3.13. The lowest BCUT2D eigenvalue weighted by molar-refractivity contribution is -0.208. The molecule has 0 amide bonds. The fourth-order valence-corrected chi connectivity index (χ4v) is 13.5. The van der Waals surface area contributed by atoms with Crippen LogP contribution < -0.4 is 0 Å². The number of allylic oxidation sites excluding steroid dienone is 2. The minimum Gasteiger partial charge on any atom is -0.444 e. The molecule has 8 rings (SSSR count). The van der Waals surface area contributed by atoms with E-state index in [1.807, 2.05) is 18.2 Å². The SMILES string of the molecule is CC1(C)CC[C@]2(C(=O)OC(c3ccccc3)(c3ccccc3)c3ccccc3)CC[C@]3(C)C(=CC[C@@H]4[C@@]5(C)CC[C@H](O)C(C)(C)[C@@H]5CC[C@]43C)[C@@H]2C1. The fourth-order valence-electron chi connectivity index (χ4n) is 13.5. The van der Waals surface area contributed by atoms with E-state index in [-0.39, 0.29) is 45.1 Å². The molecule has 0 aromatic heterocycles. The second kappa shape index (κ2) is 12.2. The molecule has 5 aliphatic rings. The Morgan fingerprint density at radius 2 is 1.21 bits per heavy atom. The molecule has 3 aromatic rings. The summed E-state index contributed by atoms with van der Waals surface area (Å²) in [5.74, 6) is 1.21. The third kappa shape index (κ3) is 4.96. The molecule has 4 fully saturated rings. The predicted octanol–water partition coefficient (Wildman–Crippen LogP) is 11.7. The van der Waals surface area contributed by atoms with Crippen molar-refractivity contribution in [2.24, 2.45) is 50.2 Å². The van der Waals surface area contributed by atoms with E-state index in [9.17, 15) is 5.11 Å². The van der Waals surface area contributed by atoms with Gasteiger partial charge in [-0.05, 0) is 109 Å². The van der Waals surface area contributed by atoms with Gasteiger partial charge in [-0.1, -0.05) is 151 Å². The highest BCUT2D eigenvalue weighted by Gasteiger charge is 2.69. The standard InChI is InChI=1S/C49H62O3/c1-43(2)29-31-48(42(51)52-49(34-17-11-8-12-18-34,35-19-13-9-14-20-35)36-21-15-10-16-22-36)32-30-46(6)37(38(48)33-43)23-24-40-45(5)27-26-41(50)44(3,4)39(45)25-28-47(40,46)7/h8-23,38-41,50H,24-33H2,1-7H3/t38-,39-,40+,41-,45-,46+,47+,48-/m0/s1. The molecule has 52 heavy (non-hydrogen) atoms. The number of aliphatic hydroxyl groups is 1. The second-order valence-electron chi connectivity index (χ2n) is 19.9. The summed E-state index contributed by atoms with van der Waals surface area (Å²) in [6.45, 7) is 17.3. The van der Waals surface area contributed by atoms with Crippen molar-refractivity contribution < 1.29 is 14.6 Å². The van der Waals surface area contributed by atoms with Crippen molar-refractivity contribution in [1.82, 2.24) is 0 Å². The maximum atomic E-state index is 15.7. The molecular weight excluding hydrogens is 637 g/mol. The van der Waals surface area contributed by atoms with Gasteiger partial charge in [0.15, 0.2) is 5.60 Å². The molecule has 8 atom stereocenters. The molecule has 1 N–H and O–H groups in total.